The van der Waals surface area contributed by atoms with Crippen molar-refractivity contribution in [1.82, 2.24) is 0 Å². The van der Waals surface area contributed by atoms with Gasteiger partial charge in [0, 0.05) is 0 Å². The van der Waals surface area contributed by atoms with Gasteiger partial charge in [-0.2, -0.15) is 12.6 Å². The molecule has 1 rings (SSSR count). The van der Waals surface area contributed by atoms with E-state index in [1.165, 1.54) is 0 Å². The lowest BCUT2D eigenvalue weighted by molar-refractivity contribution is -0.146. The van der Waals surface area contributed by atoms with E-state index in [9.17, 15) is 4.79 Å². The number of nitrogens with two attached hydrogens (primary N) is 1. The Bertz CT molecular complexity index is 303. The largest absolute Gasteiger partial charge is 0.460 e. The van der Waals surface area contributed by atoms with Crippen LogP contribution in [-0.2, 0) is 16.1 Å². The lowest BCUT2D eigenvalue weighted by Crippen LogP contribution is -2.32. The van der Waals surface area contributed by atoms with E-state index in [2.05, 4.69) is 12.6 Å². The summed E-state index contributed by atoms with van der Waals surface area (Å²) in [7, 11) is 0. The molecule has 0 heterocycles. The highest BCUT2D eigenvalue weighted by Crippen LogP contribution is 2.02. The number of hydrogen-bond acceptors (Lipinski definition) is 4. The Hall–Kier alpha value is -1.00. The third-order valence-electron chi connectivity index (χ3n) is 1.97. The third-order valence-corrected chi connectivity index (χ3v) is 2.22. The standard InChI is InChI=1S/C11H15NO2S/c12-10(6-7-15)11(13)14-8-9-4-2-1-3-5-9/h1-5,10,15H,6-8,12H2/t10-/m0/s1. The summed E-state index contributed by atoms with van der Waals surface area (Å²) in [6, 6.07) is 8.95. The molecule has 0 saturated heterocycles. The summed E-state index contributed by atoms with van der Waals surface area (Å²) in [4.78, 5) is 11.3. The monoisotopic (exact) mass is 225 g/mol. The van der Waals surface area contributed by atoms with Crippen LogP contribution in [0.1, 0.15) is 12.0 Å². The third kappa shape index (κ3) is 4.36. The van der Waals surface area contributed by atoms with Crippen molar-refractivity contribution in [2.75, 3.05) is 5.75 Å². The molecular weight excluding hydrogens is 210 g/mol. The van der Waals surface area contributed by atoms with Crippen molar-refractivity contribution in [2.45, 2.75) is 19.1 Å². The average Bonchev–Trinajstić information content (AvgIpc) is 2.27. The molecule has 0 aliphatic heterocycles. The lowest BCUT2D eigenvalue weighted by atomic mass is 10.2. The molecule has 0 saturated carbocycles. The van der Waals surface area contributed by atoms with Crippen molar-refractivity contribution >= 4 is 18.6 Å². The lowest BCUT2D eigenvalue weighted by Gasteiger charge is -2.09. The van der Waals surface area contributed by atoms with E-state index < -0.39 is 6.04 Å². The highest BCUT2D eigenvalue weighted by molar-refractivity contribution is 7.80. The number of carbonyl (C=O) groups is 1. The maximum atomic E-state index is 11.3. The van der Waals surface area contributed by atoms with Crippen molar-refractivity contribution in [3.8, 4) is 0 Å². The maximum Gasteiger partial charge on any atom is 0.323 e. The Labute approximate surface area is 95.0 Å². The van der Waals surface area contributed by atoms with Crippen LogP contribution in [0.3, 0.4) is 0 Å². The van der Waals surface area contributed by atoms with Crippen LogP contribution in [0.25, 0.3) is 0 Å². The molecule has 0 aromatic heterocycles. The molecule has 82 valence electrons. The quantitative estimate of drug-likeness (QED) is 0.588. The summed E-state index contributed by atoms with van der Waals surface area (Å²) in [6.45, 7) is 0.278. The van der Waals surface area contributed by atoms with Crippen molar-refractivity contribution in [2.24, 2.45) is 5.73 Å². The van der Waals surface area contributed by atoms with Gasteiger partial charge in [-0.05, 0) is 17.7 Å². The molecule has 0 fully saturated rings. The fraction of sp³-hybridized carbons (Fsp3) is 0.364. The maximum absolute atomic E-state index is 11.3. The summed E-state index contributed by atoms with van der Waals surface area (Å²) in [5.74, 6) is 0.217. The van der Waals surface area contributed by atoms with Crippen LogP contribution in [0.4, 0.5) is 0 Å². The fourth-order valence-corrected chi connectivity index (χ4v) is 1.37. The Morgan fingerprint density at radius 1 is 1.40 bits per heavy atom. The number of benzene rings is 1. The van der Waals surface area contributed by atoms with E-state index in [1.54, 1.807) is 0 Å². The first-order chi connectivity index (χ1) is 7.24. The molecule has 0 aliphatic rings. The Kier molecular flexibility index (Phi) is 5.21. The molecule has 1 aromatic carbocycles. The predicted molar refractivity (Wildman–Crippen MR) is 62.7 cm³/mol. The molecule has 0 radical (unpaired) electrons. The van der Waals surface area contributed by atoms with Gasteiger partial charge < -0.3 is 10.5 Å². The molecule has 15 heavy (non-hydrogen) atoms. The molecule has 1 atom stereocenters. The molecule has 0 bridgehead atoms. The summed E-state index contributed by atoms with van der Waals surface area (Å²) >= 11 is 4.00. The molecular formula is C11H15NO2S. The molecule has 3 nitrogen and oxygen atoms in total. The first-order valence-electron chi connectivity index (χ1n) is 4.81. The molecule has 4 heteroatoms. The number of rotatable bonds is 5. The van der Waals surface area contributed by atoms with E-state index >= 15 is 0 Å². The van der Waals surface area contributed by atoms with E-state index in [0.29, 0.717) is 12.2 Å². The smallest absolute Gasteiger partial charge is 0.323 e. The minimum absolute atomic E-state index is 0.278. The van der Waals surface area contributed by atoms with Gasteiger partial charge in [0.1, 0.15) is 12.6 Å². The Morgan fingerprint density at radius 3 is 2.67 bits per heavy atom. The van der Waals surface area contributed by atoms with Gasteiger partial charge in [0.15, 0.2) is 0 Å². The van der Waals surface area contributed by atoms with Gasteiger partial charge in [-0.3, -0.25) is 4.79 Å². The van der Waals surface area contributed by atoms with Gasteiger partial charge in [-0.15, -0.1) is 0 Å². The number of esters is 1. The molecule has 1 aromatic rings. The van der Waals surface area contributed by atoms with Crippen LogP contribution in [0.5, 0.6) is 0 Å². The molecule has 0 amide bonds. The Balaban J connectivity index is 2.34. The first-order valence-corrected chi connectivity index (χ1v) is 5.44. The predicted octanol–water partition coefficient (Wildman–Crippen LogP) is 1.38. The summed E-state index contributed by atoms with van der Waals surface area (Å²) in [6.07, 6.45) is 0.538. The normalized spacial score (nSPS) is 12.1. The van der Waals surface area contributed by atoms with Crippen molar-refractivity contribution < 1.29 is 9.53 Å². The molecule has 0 aliphatic carbocycles. The highest BCUT2D eigenvalue weighted by atomic mass is 32.1. The van der Waals surface area contributed by atoms with E-state index in [0.717, 1.165) is 5.56 Å². The summed E-state index contributed by atoms with van der Waals surface area (Å²) in [5.41, 5.74) is 6.53. The van der Waals surface area contributed by atoms with Crippen molar-refractivity contribution in [3.05, 3.63) is 35.9 Å². The number of ether oxygens (including phenoxy) is 1. The second-order valence-corrected chi connectivity index (χ2v) is 3.66. The van der Waals surface area contributed by atoms with Gasteiger partial charge in [0.2, 0.25) is 0 Å². The van der Waals surface area contributed by atoms with Gasteiger partial charge in [0.25, 0.3) is 0 Å². The topological polar surface area (TPSA) is 52.3 Å². The number of carbonyl (C=O) groups excluding carboxylic acids is 1. The van der Waals surface area contributed by atoms with Crippen LogP contribution in [0.2, 0.25) is 0 Å². The average molecular weight is 225 g/mol. The van der Waals surface area contributed by atoms with Gasteiger partial charge in [0.05, 0.1) is 0 Å². The molecule has 0 spiro atoms. The van der Waals surface area contributed by atoms with Crippen LogP contribution >= 0.6 is 12.6 Å². The SMILES string of the molecule is N[C@@H](CCS)C(=O)OCc1ccccc1. The van der Waals surface area contributed by atoms with Crippen molar-refractivity contribution in [3.63, 3.8) is 0 Å². The summed E-state index contributed by atoms with van der Waals surface area (Å²) < 4.78 is 5.04. The summed E-state index contributed by atoms with van der Waals surface area (Å²) in [5, 5.41) is 0. The first kappa shape index (κ1) is 12.1. The minimum atomic E-state index is -0.564. The van der Waals surface area contributed by atoms with Crippen LogP contribution < -0.4 is 5.73 Å². The van der Waals surface area contributed by atoms with E-state index in [1.807, 2.05) is 30.3 Å². The van der Waals surface area contributed by atoms with Gasteiger partial charge >= 0.3 is 5.97 Å². The zero-order valence-electron chi connectivity index (χ0n) is 8.43. The van der Waals surface area contributed by atoms with E-state index in [4.69, 9.17) is 10.5 Å². The Morgan fingerprint density at radius 2 is 2.07 bits per heavy atom. The zero-order valence-corrected chi connectivity index (χ0v) is 9.32. The number of thiol groups is 1. The zero-order chi connectivity index (χ0) is 11.1. The van der Waals surface area contributed by atoms with E-state index in [-0.39, 0.29) is 12.6 Å². The van der Waals surface area contributed by atoms with Gasteiger partial charge in [-0.25, -0.2) is 0 Å². The van der Waals surface area contributed by atoms with Gasteiger partial charge in [-0.1, -0.05) is 30.3 Å². The highest BCUT2D eigenvalue weighted by Gasteiger charge is 2.13. The van der Waals surface area contributed by atoms with Crippen LogP contribution in [0.15, 0.2) is 30.3 Å². The van der Waals surface area contributed by atoms with Crippen molar-refractivity contribution in [1.29, 1.82) is 0 Å². The number of hydrogen-bond donors (Lipinski definition) is 2. The van der Waals surface area contributed by atoms with Crippen LogP contribution in [-0.4, -0.2) is 17.8 Å². The molecule has 0 unspecified atom stereocenters. The fourth-order valence-electron chi connectivity index (χ4n) is 1.09. The molecule has 2 N–H and O–H groups in total. The second-order valence-electron chi connectivity index (χ2n) is 3.21. The second kappa shape index (κ2) is 6.48. The minimum Gasteiger partial charge on any atom is -0.460 e. The van der Waals surface area contributed by atoms with Crippen LogP contribution in [0, 0.1) is 0 Å².